The Morgan fingerprint density at radius 2 is 2.00 bits per heavy atom. The van der Waals surface area contributed by atoms with Crippen LogP contribution in [0.5, 0.6) is 0 Å². The van der Waals surface area contributed by atoms with Gasteiger partial charge in [0.25, 0.3) is 0 Å². The molecule has 1 aliphatic heterocycles. The summed E-state index contributed by atoms with van der Waals surface area (Å²) < 4.78 is 0.668. The second-order valence-electron chi connectivity index (χ2n) is 4.23. The molecule has 12 heavy (non-hydrogen) atoms. The Kier molecular flexibility index (Phi) is 1.92. The second kappa shape index (κ2) is 2.71. The number of hydrogen-bond donors (Lipinski definition) is 0. The predicted molar refractivity (Wildman–Crippen MR) is 59.3 cm³/mol. The maximum Gasteiger partial charge on any atom is 0.0725 e. The lowest BCUT2D eigenvalue weighted by Gasteiger charge is -2.19. The second-order valence-corrected chi connectivity index (χ2v) is 10.9. The molecule has 0 fully saturated rings. The van der Waals surface area contributed by atoms with Gasteiger partial charge in [0, 0.05) is 4.45 Å². The minimum atomic E-state index is -1.03. The number of benzene rings is 1. The molecule has 1 heterocycles. The van der Waals surface area contributed by atoms with Crippen LogP contribution >= 0.6 is 15.9 Å². The van der Waals surface area contributed by atoms with Gasteiger partial charge in [-0.25, -0.2) is 0 Å². The largest absolute Gasteiger partial charge is 0.0874 e. The molecule has 0 N–H and O–H groups in total. The Bertz CT molecular complexity index is 306. The monoisotopic (exact) mass is 240 g/mol. The van der Waals surface area contributed by atoms with E-state index in [1.165, 1.54) is 11.6 Å². The van der Waals surface area contributed by atoms with E-state index < -0.39 is 8.07 Å². The van der Waals surface area contributed by atoms with Gasteiger partial charge in [-0.05, 0) is 17.2 Å². The number of halogens is 1. The van der Waals surface area contributed by atoms with Gasteiger partial charge in [-0.1, -0.05) is 53.3 Å². The standard InChI is InChI=1S/C10H13BrSi/c1-12(2)7-8-5-3-4-6-9(8)10(12)11/h3-6,10H,7H2,1-2H3. The van der Waals surface area contributed by atoms with Gasteiger partial charge in [-0.2, -0.15) is 0 Å². The topological polar surface area (TPSA) is 0 Å². The van der Waals surface area contributed by atoms with Gasteiger partial charge in [0.05, 0.1) is 8.07 Å². The van der Waals surface area contributed by atoms with Crippen LogP contribution in [0.25, 0.3) is 0 Å². The third-order valence-corrected chi connectivity index (χ3v) is 9.85. The van der Waals surface area contributed by atoms with E-state index >= 15 is 0 Å². The summed E-state index contributed by atoms with van der Waals surface area (Å²) in [6.45, 7) is 4.90. The summed E-state index contributed by atoms with van der Waals surface area (Å²) in [7, 11) is -1.03. The highest BCUT2D eigenvalue weighted by molar-refractivity contribution is 9.09. The molecule has 1 aromatic rings. The lowest BCUT2D eigenvalue weighted by Crippen LogP contribution is -2.28. The lowest BCUT2D eigenvalue weighted by atomic mass is 10.1. The number of hydrogen-bond acceptors (Lipinski definition) is 0. The van der Waals surface area contributed by atoms with Crippen molar-refractivity contribution in [3.05, 3.63) is 35.4 Å². The van der Waals surface area contributed by atoms with Crippen molar-refractivity contribution in [3.63, 3.8) is 0 Å². The first-order valence-electron chi connectivity index (χ1n) is 4.33. The maximum atomic E-state index is 3.82. The van der Waals surface area contributed by atoms with Gasteiger partial charge in [0.2, 0.25) is 0 Å². The minimum Gasteiger partial charge on any atom is -0.0874 e. The van der Waals surface area contributed by atoms with Crippen molar-refractivity contribution in [1.29, 1.82) is 0 Å². The SMILES string of the molecule is C[Si]1(C)Cc2ccccc2C1Br. The summed E-state index contributed by atoms with van der Waals surface area (Å²) in [4.78, 5) is 0. The molecule has 0 saturated heterocycles. The molecule has 0 spiro atoms. The van der Waals surface area contributed by atoms with E-state index in [0.717, 1.165) is 0 Å². The fraction of sp³-hybridized carbons (Fsp3) is 0.400. The predicted octanol–water partition coefficient (Wildman–Crippen LogP) is 3.47. The quantitative estimate of drug-likeness (QED) is 0.482. The molecule has 2 rings (SSSR count). The van der Waals surface area contributed by atoms with Gasteiger partial charge < -0.3 is 0 Å². The molecule has 0 aliphatic carbocycles. The zero-order valence-electron chi connectivity index (χ0n) is 7.47. The highest BCUT2D eigenvalue weighted by atomic mass is 79.9. The zero-order valence-corrected chi connectivity index (χ0v) is 10.1. The molecule has 0 bridgehead atoms. The molecule has 1 unspecified atom stereocenters. The van der Waals surface area contributed by atoms with E-state index in [-0.39, 0.29) is 0 Å². The van der Waals surface area contributed by atoms with Crippen molar-refractivity contribution in [2.45, 2.75) is 23.6 Å². The van der Waals surface area contributed by atoms with Crippen molar-refractivity contribution in [2.75, 3.05) is 0 Å². The first-order chi connectivity index (χ1) is 5.61. The van der Waals surface area contributed by atoms with E-state index in [9.17, 15) is 0 Å². The maximum absolute atomic E-state index is 3.82. The van der Waals surface area contributed by atoms with Crippen LogP contribution in [0.2, 0.25) is 13.1 Å². The highest BCUT2D eigenvalue weighted by Crippen LogP contribution is 2.42. The van der Waals surface area contributed by atoms with E-state index in [1.807, 2.05) is 0 Å². The van der Waals surface area contributed by atoms with Gasteiger partial charge in [-0.3, -0.25) is 0 Å². The van der Waals surface area contributed by atoms with Gasteiger partial charge in [0.1, 0.15) is 0 Å². The van der Waals surface area contributed by atoms with E-state index in [4.69, 9.17) is 0 Å². The average molecular weight is 241 g/mol. The fourth-order valence-corrected chi connectivity index (χ4v) is 5.48. The van der Waals surface area contributed by atoms with Crippen LogP contribution < -0.4 is 0 Å². The molecular formula is C10H13BrSi. The first kappa shape index (κ1) is 8.51. The summed E-state index contributed by atoms with van der Waals surface area (Å²) in [6, 6.07) is 10.2. The molecule has 0 amide bonds. The Morgan fingerprint density at radius 1 is 1.33 bits per heavy atom. The van der Waals surface area contributed by atoms with Crippen LogP contribution in [0.1, 0.15) is 15.6 Å². The molecule has 64 valence electrons. The van der Waals surface area contributed by atoms with Crippen molar-refractivity contribution >= 4 is 24.0 Å². The van der Waals surface area contributed by atoms with Gasteiger partial charge in [-0.15, -0.1) is 0 Å². The summed E-state index contributed by atoms with van der Waals surface area (Å²) in [5, 5.41) is 0. The van der Waals surface area contributed by atoms with Gasteiger partial charge >= 0.3 is 0 Å². The molecule has 0 aromatic heterocycles. The highest BCUT2D eigenvalue weighted by Gasteiger charge is 2.38. The lowest BCUT2D eigenvalue weighted by molar-refractivity contribution is 1.34. The average Bonchev–Trinajstić information content (AvgIpc) is 2.24. The number of rotatable bonds is 0. The van der Waals surface area contributed by atoms with Crippen molar-refractivity contribution in [3.8, 4) is 0 Å². The van der Waals surface area contributed by atoms with E-state index in [1.54, 1.807) is 5.56 Å². The van der Waals surface area contributed by atoms with Crippen LogP contribution in [-0.4, -0.2) is 8.07 Å². The molecule has 1 atom stereocenters. The first-order valence-corrected chi connectivity index (χ1v) is 8.53. The van der Waals surface area contributed by atoms with Gasteiger partial charge in [0.15, 0.2) is 0 Å². The van der Waals surface area contributed by atoms with Crippen LogP contribution in [0.3, 0.4) is 0 Å². The summed E-state index contributed by atoms with van der Waals surface area (Å²) >= 11 is 3.82. The Morgan fingerprint density at radius 3 is 2.67 bits per heavy atom. The molecule has 0 saturated carbocycles. The number of alkyl halides is 1. The molecule has 0 radical (unpaired) electrons. The smallest absolute Gasteiger partial charge is 0.0725 e. The summed E-state index contributed by atoms with van der Waals surface area (Å²) in [6.07, 6.45) is 0. The fourth-order valence-electron chi connectivity index (χ4n) is 1.94. The van der Waals surface area contributed by atoms with E-state index in [2.05, 4.69) is 53.3 Å². The van der Waals surface area contributed by atoms with Crippen LogP contribution in [0, 0.1) is 0 Å². The number of fused-ring (bicyclic) bond motifs is 1. The van der Waals surface area contributed by atoms with Crippen molar-refractivity contribution < 1.29 is 0 Å². The Hall–Kier alpha value is -0.0831. The van der Waals surface area contributed by atoms with Crippen molar-refractivity contribution in [1.82, 2.24) is 0 Å². The Balaban J connectivity index is 2.49. The van der Waals surface area contributed by atoms with Crippen LogP contribution in [-0.2, 0) is 6.04 Å². The summed E-state index contributed by atoms with van der Waals surface area (Å²) in [5.74, 6) is 0. The third kappa shape index (κ3) is 1.17. The van der Waals surface area contributed by atoms with Crippen LogP contribution in [0.15, 0.2) is 24.3 Å². The van der Waals surface area contributed by atoms with Crippen molar-refractivity contribution in [2.24, 2.45) is 0 Å². The molecule has 1 aromatic carbocycles. The normalized spacial score (nSPS) is 25.4. The van der Waals surface area contributed by atoms with Crippen LogP contribution in [0.4, 0.5) is 0 Å². The third-order valence-electron chi connectivity index (χ3n) is 2.66. The molecule has 0 nitrogen and oxygen atoms in total. The zero-order chi connectivity index (χ0) is 8.77. The molecule has 2 heteroatoms. The van der Waals surface area contributed by atoms with E-state index in [0.29, 0.717) is 4.45 Å². The summed E-state index contributed by atoms with van der Waals surface area (Å²) in [5.41, 5.74) is 3.10. The molecular weight excluding hydrogens is 228 g/mol. The molecule has 1 aliphatic rings. The Labute approximate surface area is 83.1 Å². The minimum absolute atomic E-state index is 0.668.